The van der Waals surface area contributed by atoms with Crippen molar-refractivity contribution in [2.45, 2.75) is 38.1 Å². The van der Waals surface area contributed by atoms with Gasteiger partial charge in [-0.2, -0.15) is 0 Å². The SMILES string of the molecule is O=S1(=O)CCCN1c1cccc(-c2ccc3cnc(Nc4ccc5c(c4)CCC(N4CCOCC4)CC5)nn23)c1. The summed E-state index contributed by atoms with van der Waals surface area (Å²) >= 11 is 0. The van der Waals surface area contributed by atoms with Gasteiger partial charge in [0.2, 0.25) is 16.0 Å². The summed E-state index contributed by atoms with van der Waals surface area (Å²) in [7, 11) is -3.24. The van der Waals surface area contributed by atoms with Gasteiger partial charge in [0, 0.05) is 36.9 Å². The van der Waals surface area contributed by atoms with E-state index in [1.165, 1.54) is 28.3 Å². The smallest absolute Gasteiger partial charge is 0.245 e. The first-order valence-corrected chi connectivity index (χ1v) is 15.8. The molecule has 4 heterocycles. The van der Waals surface area contributed by atoms with Crippen LogP contribution < -0.4 is 9.62 Å². The molecule has 0 radical (unpaired) electrons. The van der Waals surface area contributed by atoms with E-state index in [2.05, 4.69) is 33.4 Å². The van der Waals surface area contributed by atoms with E-state index in [0.29, 0.717) is 30.6 Å². The van der Waals surface area contributed by atoms with Crippen molar-refractivity contribution in [3.8, 4) is 11.3 Å². The third-order valence-corrected chi connectivity index (χ3v) is 10.3. The number of fused-ring (bicyclic) bond motifs is 2. The molecule has 2 fully saturated rings. The van der Waals surface area contributed by atoms with Gasteiger partial charge in [-0.1, -0.05) is 18.2 Å². The molecule has 0 bridgehead atoms. The van der Waals surface area contributed by atoms with Crippen LogP contribution in [0.15, 0.2) is 60.8 Å². The number of morpholine rings is 1. The van der Waals surface area contributed by atoms with Crippen molar-refractivity contribution in [3.05, 3.63) is 71.9 Å². The lowest BCUT2D eigenvalue weighted by Gasteiger charge is -2.33. The van der Waals surface area contributed by atoms with Gasteiger partial charge >= 0.3 is 0 Å². The average molecular weight is 559 g/mol. The van der Waals surface area contributed by atoms with Crippen molar-refractivity contribution in [1.82, 2.24) is 19.5 Å². The summed E-state index contributed by atoms with van der Waals surface area (Å²) in [5.74, 6) is 0.716. The molecule has 2 aromatic carbocycles. The van der Waals surface area contributed by atoms with Crippen LogP contribution in [0.25, 0.3) is 16.8 Å². The van der Waals surface area contributed by atoms with Crippen LogP contribution >= 0.6 is 0 Å². The maximum Gasteiger partial charge on any atom is 0.245 e. The van der Waals surface area contributed by atoms with E-state index < -0.39 is 10.0 Å². The van der Waals surface area contributed by atoms with Crippen LogP contribution in [-0.2, 0) is 27.6 Å². The van der Waals surface area contributed by atoms with Crippen molar-refractivity contribution in [1.29, 1.82) is 0 Å². The van der Waals surface area contributed by atoms with Gasteiger partial charge in [-0.25, -0.2) is 17.9 Å². The number of hydrogen-bond donors (Lipinski definition) is 1. The molecule has 7 rings (SSSR count). The quantitative estimate of drug-likeness (QED) is 0.366. The lowest BCUT2D eigenvalue weighted by Crippen LogP contribution is -2.43. The average Bonchev–Trinajstić information content (AvgIpc) is 3.49. The van der Waals surface area contributed by atoms with Crippen molar-refractivity contribution in [3.63, 3.8) is 0 Å². The Labute approximate surface area is 234 Å². The summed E-state index contributed by atoms with van der Waals surface area (Å²) in [6.07, 6.45) is 7.00. The number of nitrogens with zero attached hydrogens (tertiary/aromatic N) is 5. The predicted octanol–water partition coefficient (Wildman–Crippen LogP) is 4.26. The summed E-state index contributed by atoms with van der Waals surface area (Å²) < 4.78 is 33.9. The third-order valence-electron chi connectivity index (χ3n) is 8.45. The number of anilines is 3. The molecule has 2 aliphatic heterocycles. The highest BCUT2D eigenvalue weighted by atomic mass is 32.2. The van der Waals surface area contributed by atoms with Gasteiger partial charge in [0.15, 0.2) is 0 Å². The molecule has 1 atom stereocenters. The van der Waals surface area contributed by atoms with E-state index in [4.69, 9.17) is 9.84 Å². The Kier molecular flexibility index (Phi) is 6.69. The second-order valence-corrected chi connectivity index (χ2v) is 12.9. The highest BCUT2D eigenvalue weighted by molar-refractivity contribution is 7.93. The molecule has 0 saturated carbocycles. The standard InChI is InChI=1S/C30H34N6O3S/c37-40(38)18-2-13-35(40)27-4-1-3-24(20-27)29-12-11-28-21-31-30(33-36(28)29)32-25-8-5-22-6-9-26(10-7-23(22)19-25)34-14-16-39-17-15-34/h1,3-5,8,11-12,19-21,26H,2,6-7,9-10,13-18H2,(H,32,33). The minimum atomic E-state index is -3.24. The van der Waals surface area contributed by atoms with Crippen LogP contribution in [0.5, 0.6) is 0 Å². The fourth-order valence-electron chi connectivity index (χ4n) is 6.33. The van der Waals surface area contributed by atoms with Gasteiger partial charge in [-0.3, -0.25) is 9.21 Å². The van der Waals surface area contributed by atoms with E-state index >= 15 is 0 Å². The fourth-order valence-corrected chi connectivity index (χ4v) is 7.89. The number of benzene rings is 2. The molecule has 2 saturated heterocycles. The summed E-state index contributed by atoms with van der Waals surface area (Å²) in [5, 5.41) is 8.23. The number of aryl methyl sites for hydroxylation is 2. The maximum absolute atomic E-state index is 12.5. The van der Waals surface area contributed by atoms with E-state index in [0.717, 1.165) is 61.6 Å². The zero-order chi connectivity index (χ0) is 27.1. The van der Waals surface area contributed by atoms with E-state index in [1.54, 1.807) is 0 Å². The van der Waals surface area contributed by atoms with E-state index in [9.17, 15) is 8.42 Å². The van der Waals surface area contributed by atoms with Crippen LogP contribution in [0.4, 0.5) is 17.3 Å². The molecule has 4 aromatic rings. The molecule has 40 heavy (non-hydrogen) atoms. The molecular weight excluding hydrogens is 524 g/mol. The number of aromatic nitrogens is 3. The van der Waals surface area contributed by atoms with Gasteiger partial charge in [-0.05, 0) is 79.6 Å². The molecule has 0 spiro atoms. The number of rotatable bonds is 5. The molecule has 2 aromatic heterocycles. The zero-order valence-electron chi connectivity index (χ0n) is 22.5. The highest BCUT2D eigenvalue weighted by Crippen LogP contribution is 2.31. The Balaban J connectivity index is 1.12. The zero-order valence-corrected chi connectivity index (χ0v) is 23.3. The van der Waals surface area contributed by atoms with Crippen LogP contribution in [0.2, 0.25) is 0 Å². The minimum Gasteiger partial charge on any atom is -0.379 e. The number of hydrogen-bond acceptors (Lipinski definition) is 7. The van der Waals surface area contributed by atoms with Gasteiger partial charge in [0.25, 0.3) is 0 Å². The molecule has 1 N–H and O–H groups in total. The Hall–Kier alpha value is -3.47. The first kappa shape index (κ1) is 25.5. The number of ether oxygens (including phenoxy) is 1. The van der Waals surface area contributed by atoms with Crippen molar-refractivity contribution in [2.24, 2.45) is 0 Å². The molecule has 208 valence electrons. The van der Waals surface area contributed by atoms with Crippen LogP contribution in [0.1, 0.15) is 30.4 Å². The van der Waals surface area contributed by atoms with Crippen LogP contribution in [-0.4, -0.2) is 72.6 Å². The Bertz CT molecular complexity index is 1650. The Morgan fingerprint density at radius 3 is 2.60 bits per heavy atom. The third kappa shape index (κ3) is 4.95. The minimum absolute atomic E-state index is 0.199. The van der Waals surface area contributed by atoms with E-state index in [1.807, 2.05) is 47.1 Å². The first-order chi connectivity index (χ1) is 19.5. The number of sulfonamides is 1. The van der Waals surface area contributed by atoms with Crippen molar-refractivity contribution in [2.75, 3.05) is 48.2 Å². The van der Waals surface area contributed by atoms with Crippen molar-refractivity contribution >= 4 is 32.9 Å². The summed E-state index contributed by atoms with van der Waals surface area (Å²) in [6, 6.07) is 18.9. The summed E-state index contributed by atoms with van der Waals surface area (Å²) in [5.41, 5.74) is 7.17. The molecule has 0 amide bonds. The summed E-state index contributed by atoms with van der Waals surface area (Å²) in [6.45, 7) is 4.28. The summed E-state index contributed by atoms with van der Waals surface area (Å²) in [4.78, 5) is 7.17. The van der Waals surface area contributed by atoms with Gasteiger partial charge in [0.05, 0.1) is 42.1 Å². The van der Waals surface area contributed by atoms with Gasteiger partial charge < -0.3 is 10.1 Å². The number of nitrogens with one attached hydrogen (secondary N) is 1. The topological polar surface area (TPSA) is 92.1 Å². The Morgan fingerprint density at radius 1 is 0.925 bits per heavy atom. The molecule has 10 heteroatoms. The Morgan fingerprint density at radius 2 is 1.77 bits per heavy atom. The molecule has 3 aliphatic rings. The van der Waals surface area contributed by atoms with E-state index in [-0.39, 0.29) is 5.75 Å². The lowest BCUT2D eigenvalue weighted by molar-refractivity contribution is 0.0136. The first-order valence-electron chi connectivity index (χ1n) is 14.2. The van der Waals surface area contributed by atoms with Gasteiger partial charge in [-0.15, -0.1) is 5.10 Å². The molecule has 9 nitrogen and oxygen atoms in total. The predicted molar refractivity (Wildman–Crippen MR) is 157 cm³/mol. The second-order valence-electron chi connectivity index (χ2n) is 10.9. The molecular formula is C30H34N6O3S. The van der Waals surface area contributed by atoms with Crippen LogP contribution in [0, 0.1) is 0 Å². The van der Waals surface area contributed by atoms with Crippen molar-refractivity contribution < 1.29 is 13.2 Å². The molecule has 1 aliphatic carbocycles. The lowest BCUT2D eigenvalue weighted by atomic mass is 10.0. The van der Waals surface area contributed by atoms with Gasteiger partial charge in [0.1, 0.15) is 0 Å². The maximum atomic E-state index is 12.5. The molecule has 1 unspecified atom stereocenters. The second kappa shape index (κ2) is 10.5. The normalized spacial score (nSPS) is 21.3. The largest absolute Gasteiger partial charge is 0.379 e. The highest BCUT2D eigenvalue weighted by Gasteiger charge is 2.29. The fraction of sp³-hybridized carbons (Fsp3) is 0.400. The monoisotopic (exact) mass is 558 g/mol. The van der Waals surface area contributed by atoms with Crippen LogP contribution in [0.3, 0.4) is 0 Å².